The molecular weight excluding hydrogens is 208 g/mol. The van der Waals surface area contributed by atoms with E-state index in [1.807, 2.05) is 0 Å². The van der Waals surface area contributed by atoms with Gasteiger partial charge in [0, 0.05) is 6.04 Å². The topological polar surface area (TPSA) is 29.3 Å². The first kappa shape index (κ1) is 15.0. The molecule has 1 aliphatic carbocycles. The van der Waals surface area contributed by atoms with Crippen molar-refractivity contribution in [3.63, 3.8) is 0 Å². The molecule has 0 aromatic carbocycles. The van der Waals surface area contributed by atoms with Crippen molar-refractivity contribution in [1.82, 2.24) is 4.90 Å². The van der Waals surface area contributed by atoms with Gasteiger partial charge in [0.2, 0.25) is 0 Å². The van der Waals surface area contributed by atoms with Crippen LogP contribution in [0.5, 0.6) is 0 Å². The zero-order valence-corrected chi connectivity index (χ0v) is 12.3. The summed E-state index contributed by atoms with van der Waals surface area (Å²) in [6.07, 6.45) is 8.26. The van der Waals surface area contributed by atoms with Crippen molar-refractivity contribution in [1.29, 1.82) is 0 Å². The zero-order valence-electron chi connectivity index (χ0n) is 12.3. The van der Waals surface area contributed by atoms with E-state index in [0.717, 1.165) is 18.5 Å². The Labute approximate surface area is 108 Å². The molecule has 0 atom stereocenters. The minimum Gasteiger partial charge on any atom is -0.330 e. The molecule has 0 spiro atoms. The Morgan fingerprint density at radius 1 is 1.18 bits per heavy atom. The van der Waals surface area contributed by atoms with Crippen molar-refractivity contribution < 1.29 is 0 Å². The molecule has 0 unspecified atom stereocenters. The quantitative estimate of drug-likeness (QED) is 0.772. The lowest BCUT2D eigenvalue weighted by molar-refractivity contribution is 0.145. The van der Waals surface area contributed by atoms with E-state index in [2.05, 4.69) is 32.7 Å². The fourth-order valence-electron chi connectivity index (χ4n) is 2.76. The van der Waals surface area contributed by atoms with Gasteiger partial charge in [-0.2, -0.15) is 0 Å². The van der Waals surface area contributed by atoms with Gasteiger partial charge in [-0.25, -0.2) is 0 Å². The van der Waals surface area contributed by atoms with Crippen LogP contribution in [0.15, 0.2) is 0 Å². The molecule has 1 saturated carbocycles. The first-order chi connectivity index (χ1) is 7.98. The summed E-state index contributed by atoms with van der Waals surface area (Å²) in [5, 5.41) is 0. The average molecular weight is 240 g/mol. The lowest BCUT2D eigenvalue weighted by Gasteiger charge is -2.36. The monoisotopic (exact) mass is 240 g/mol. The third kappa shape index (κ3) is 4.97. The molecule has 2 nitrogen and oxygen atoms in total. The van der Waals surface area contributed by atoms with E-state index >= 15 is 0 Å². The number of hydrogen-bond donors (Lipinski definition) is 1. The molecule has 1 aliphatic rings. The Kier molecular flexibility index (Phi) is 5.94. The predicted octanol–water partition coefficient (Wildman–Crippen LogP) is 3.26. The third-order valence-corrected chi connectivity index (χ3v) is 4.71. The van der Waals surface area contributed by atoms with Crippen molar-refractivity contribution in [3.05, 3.63) is 0 Å². The van der Waals surface area contributed by atoms with Crippen molar-refractivity contribution in [3.8, 4) is 0 Å². The van der Waals surface area contributed by atoms with Gasteiger partial charge in [-0.1, -0.05) is 27.2 Å². The Bertz CT molecular complexity index is 205. The summed E-state index contributed by atoms with van der Waals surface area (Å²) in [5.74, 6) is 1.00. The number of nitrogens with two attached hydrogens (primary N) is 1. The summed E-state index contributed by atoms with van der Waals surface area (Å²) in [6, 6.07) is 0.825. The summed E-state index contributed by atoms with van der Waals surface area (Å²) in [7, 11) is 2.30. The van der Waals surface area contributed by atoms with Crippen LogP contribution >= 0.6 is 0 Å². The molecule has 0 aromatic rings. The first-order valence-corrected chi connectivity index (χ1v) is 7.39. The maximum atomic E-state index is 5.79. The highest BCUT2D eigenvalue weighted by Gasteiger charge is 2.24. The van der Waals surface area contributed by atoms with Gasteiger partial charge in [0.05, 0.1) is 0 Å². The van der Waals surface area contributed by atoms with E-state index in [9.17, 15) is 0 Å². The summed E-state index contributed by atoms with van der Waals surface area (Å²) in [5.41, 5.74) is 6.09. The second kappa shape index (κ2) is 6.75. The van der Waals surface area contributed by atoms with E-state index in [0.29, 0.717) is 5.41 Å². The highest BCUT2D eigenvalue weighted by atomic mass is 15.1. The van der Waals surface area contributed by atoms with Gasteiger partial charge in [-0.05, 0) is 63.6 Å². The van der Waals surface area contributed by atoms with E-state index < -0.39 is 0 Å². The molecule has 0 heterocycles. The largest absolute Gasteiger partial charge is 0.330 e. The fourth-order valence-corrected chi connectivity index (χ4v) is 2.76. The van der Waals surface area contributed by atoms with Gasteiger partial charge in [0.25, 0.3) is 0 Å². The van der Waals surface area contributed by atoms with Crippen LogP contribution in [-0.2, 0) is 0 Å². The molecule has 0 radical (unpaired) electrons. The molecule has 0 bridgehead atoms. The van der Waals surface area contributed by atoms with Crippen LogP contribution < -0.4 is 5.73 Å². The normalized spacial score (nSPS) is 26.5. The second-order valence-electron chi connectivity index (χ2n) is 6.68. The first-order valence-electron chi connectivity index (χ1n) is 7.39. The van der Waals surface area contributed by atoms with E-state index in [-0.39, 0.29) is 0 Å². The van der Waals surface area contributed by atoms with Crippen molar-refractivity contribution >= 4 is 0 Å². The summed E-state index contributed by atoms with van der Waals surface area (Å²) < 4.78 is 0. The van der Waals surface area contributed by atoms with Crippen molar-refractivity contribution in [2.24, 2.45) is 17.1 Å². The predicted molar refractivity (Wildman–Crippen MR) is 76.1 cm³/mol. The lowest BCUT2D eigenvalue weighted by Crippen LogP contribution is -2.38. The van der Waals surface area contributed by atoms with Crippen LogP contribution in [0.1, 0.15) is 59.3 Å². The van der Waals surface area contributed by atoms with Gasteiger partial charge >= 0.3 is 0 Å². The second-order valence-corrected chi connectivity index (χ2v) is 6.68. The summed E-state index contributed by atoms with van der Waals surface area (Å²) in [6.45, 7) is 8.87. The molecule has 102 valence electrons. The Morgan fingerprint density at radius 3 is 2.24 bits per heavy atom. The molecule has 1 rings (SSSR count). The Morgan fingerprint density at radius 2 is 1.76 bits per heavy atom. The molecule has 2 N–H and O–H groups in total. The third-order valence-electron chi connectivity index (χ3n) is 4.71. The molecule has 0 aliphatic heterocycles. The van der Waals surface area contributed by atoms with Gasteiger partial charge in [0.1, 0.15) is 0 Å². The highest BCUT2D eigenvalue weighted by Crippen LogP contribution is 2.29. The van der Waals surface area contributed by atoms with E-state index in [1.54, 1.807) is 0 Å². The van der Waals surface area contributed by atoms with Gasteiger partial charge in [0.15, 0.2) is 0 Å². The van der Waals surface area contributed by atoms with Crippen LogP contribution in [0.25, 0.3) is 0 Å². The molecule has 2 heteroatoms. The Balaban J connectivity index is 2.27. The number of nitrogens with zero attached hydrogens (tertiary/aromatic N) is 1. The van der Waals surface area contributed by atoms with Crippen molar-refractivity contribution in [2.75, 3.05) is 20.1 Å². The number of rotatable bonds is 6. The molecule has 1 fully saturated rings. The molecule has 0 aromatic heterocycles. The zero-order chi connectivity index (χ0) is 12.9. The minimum atomic E-state index is 0.300. The van der Waals surface area contributed by atoms with Crippen LogP contribution in [-0.4, -0.2) is 31.1 Å². The van der Waals surface area contributed by atoms with E-state index in [4.69, 9.17) is 5.73 Å². The van der Waals surface area contributed by atoms with Gasteiger partial charge in [-0.3, -0.25) is 0 Å². The van der Waals surface area contributed by atoms with Gasteiger partial charge < -0.3 is 10.6 Å². The molecule has 0 saturated heterocycles. The average Bonchev–Trinajstić information content (AvgIpc) is 2.36. The Hall–Kier alpha value is -0.0800. The summed E-state index contributed by atoms with van der Waals surface area (Å²) >= 11 is 0. The smallest absolute Gasteiger partial charge is 0.00924 e. The molecule has 0 amide bonds. The standard InChI is InChI=1S/C15H32N2/c1-5-13-6-8-14(9-7-13)17(4)11-10-15(2,3)12-16/h13-14H,5-12,16H2,1-4H3. The SMILES string of the molecule is CCC1CCC(N(C)CCC(C)(C)CN)CC1. The minimum absolute atomic E-state index is 0.300. The van der Waals surface area contributed by atoms with Crippen LogP contribution in [0.4, 0.5) is 0 Å². The highest BCUT2D eigenvalue weighted by molar-refractivity contribution is 4.79. The fraction of sp³-hybridized carbons (Fsp3) is 1.00. The number of hydrogen-bond acceptors (Lipinski definition) is 2. The molecule has 17 heavy (non-hydrogen) atoms. The molecular formula is C15H32N2. The van der Waals surface area contributed by atoms with Crippen LogP contribution in [0.2, 0.25) is 0 Å². The lowest BCUT2D eigenvalue weighted by atomic mass is 9.83. The van der Waals surface area contributed by atoms with Crippen LogP contribution in [0.3, 0.4) is 0 Å². The van der Waals surface area contributed by atoms with E-state index in [1.165, 1.54) is 45.1 Å². The maximum absolute atomic E-state index is 5.79. The maximum Gasteiger partial charge on any atom is 0.00924 e. The van der Waals surface area contributed by atoms with Crippen molar-refractivity contribution in [2.45, 2.75) is 65.3 Å². The van der Waals surface area contributed by atoms with Crippen LogP contribution in [0, 0.1) is 11.3 Å². The van der Waals surface area contributed by atoms with Gasteiger partial charge in [-0.15, -0.1) is 0 Å². The summed E-state index contributed by atoms with van der Waals surface area (Å²) in [4.78, 5) is 2.57.